The number of aliphatic hydroxyl groups excluding tert-OH is 1. The van der Waals surface area contributed by atoms with Gasteiger partial charge in [0.15, 0.2) is 0 Å². The molecule has 1 fully saturated rings. The van der Waals surface area contributed by atoms with E-state index in [1.165, 1.54) is 0 Å². The third kappa shape index (κ3) is 1.25. The average molecular weight is 158 g/mol. The van der Waals surface area contributed by atoms with Crippen LogP contribution in [0.25, 0.3) is 0 Å². The first-order valence-electron chi connectivity index (χ1n) is 4.04. The van der Waals surface area contributed by atoms with Crippen LogP contribution in [0.1, 0.15) is 33.1 Å². The smallest absolute Gasteiger partial charge is 0.309 e. The zero-order chi connectivity index (χ0) is 8.48. The van der Waals surface area contributed by atoms with Crippen LogP contribution in [0.3, 0.4) is 0 Å². The van der Waals surface area contributed by atoms with E-state index in [0.717, 1.165) is 0 Å². The predicted molar refractivity (Wildman–Crippen MR) is 40.0 cm³/mol. The van der Waals surface area contributed by atoms with Gasteiger partial charge in [-0.2, -0.15) is 0 Å². The largest absolute Gasteiger partial charge is 0.456 e. The molecule has 1 N–H and O–H groups in total. The quantitative estimate of drug-likeness (QED) is 0.606. The fourth-order valence-electron chi connectivity index (χ4n) is 1.55. The Balaban J connectivity index is 2.75. The first-order chi connectivity index (χ1) is 5.14. The highest BCUT2D eigenvalue weighted by molar-refractivity contribution is 5.73. The van der Waals surface area contributed by atoms with Gasteiger partial charge in [0.2, 0.25) is 0 Å². The molecular weight excluding hydrogens is 144 g/mol. The van der Waals surface area contributed by atoms with Crippen LogP contribution in [0, 0.1) is 0 Å². The molecule has 0 spiro atoms. The molecule has 1 atom stereocenters. The Labute approximate surface area is 66.4 Å². The van der Waals surface area contributed by atoms with Crippen molar-refractivity contribution in [3.63, 3.8) is 0 Å². The van der Waals surface area contributed by atoms with Gasteiger partial charge >= 0.3 is 5.97 Å². The third-order valence-electron chi connectivity index (χ3n) is 2.48. The molecule has 64 valence electrons. The summed E-state index contributed by atoms with van der Waals surface area (Å²) in [6, 6.07) is 0. The van der Waals surface area contributed by atoms with Gasteiger partial charge in [0.25, 0.3) is 0 Å². The molecule has 0 saturated carbocycles. The summed E-state index contributed by atoms with van der Waals surface area (Å²) in [6.45, 7) is 3.84. The standard InChI is InChI=1S/C8H14O3/c1-3-8(4-2)6(9)5-7(10)11-8/h6,9H,3-5H2,1-2H3. The second-order valence-electron chi connectivity index (χ2n) is 2.97. The van der Waals surface area contributed by atoms with Gasteiger partial charge in [0.05, 0.1) is 6.42 Å². The monoisotopic (exact) mass is 158 g/mol. The van der Waals surface area contributed by atoms with Crippen LogP contribution in [0.4, 0.5) is 0 Å². The molecule has 3 nitrogen and oxygen atoms in total. The molecule has 0 aliphatic carbocycles. The normalized spacial score (nSPS) is 28.6. The van der Waals surface area contributed by atoms with Crippen molar-refractivity contribution in [3.8, 4) is 0 Å². The first-order valence-corrected chi connectivity index (χ1v) is 4.04. The first kappa shape index (κ1) is 8.53. The van der Waals surface area contributed by atoms with Crippen LogP contribution in [-0.2, 0) is 9.53 Å². The maximum Gasteiger partial charge on any atom is 0.309 e. The van der Waals surface area contributed by atoms with E-state index in [2.05, 4.69) is 0 Å². The molecule has 0 aromatic carbocycles. The Morgan fingerprint density at radius 3 is 2.36 bits per heavy atom. The molecule has 1 aliphatic rings. The molecule has 1 aliphatic heterocycles. The van der Waals surface area contributed by atoms with Gasteiger partial charge in [-0.15, -0.1) is 0 Å². The zero-order valence-electron chi connectivity index (χ0n) is 6.96. The molecule has 11 heavy (non-hydrogen) atoms. The molecule has 0 aromatic heterocycles. The van der Waals surface area contributed by atoms with E-state index in [4.69, 9.17) is 4.74 Å². The van der Waals surface area contributed by atoms with Crippen molar-refractivity contribution in [1.29, 1.82) is 0 Å². The summed E-state index contributed by atoms with van der Waals surface area (Å²) in [6.07, 6.45) is 0.930. The fraction of sp³-hybridized carbons (Fsp3) is 0.875. The minimum Gasteiger partial charge on any atom is -0.456 e. The Bertz CT molecular complexity index is 161. The van der Waals surface area contributed by atoms with E-state index in [-0.39, 0.29) is 12.4 Å². The SMILES string of the molecule is CCC1(CC)OC(=O)CC1O. The molecular formula is C8H14O3. The average Bonchev–Trinajstić information content (AvgIpc) is 2.27. The van der Waals surface area contributed by atoms with Crippen molar-refractivity contribution in [2.45, 2.75) is 44.8 Å². The molecule has 0 bridgehead atoms. The summed E-state index contributed by atoms with van der Waals surface area (Å²) < 4.78 is 5.07. The number of carbonyl (C=O) groups excluding carboxylic acids is 1. The maximum absolute atomic E-state index is 10.8. The van der Waals surface area contributed by atoms with E-state index >= 15 is 0 Å². The van der Waals surface area contributed by atoms with E-state index in [9.17, 15) is 9.90 Å². The number of cyclic esters (lactones) is 1. The van der Waals surface area contributed by atoms with Crippen molar-refractivity contribution in [2.75, 3.05) is 0 Å². The third-order valence-corrected chi connectivity index (χ3v) is 2.48. The zero-order valence-corrected chi connectivity index (χ0v) is 6.96. The van der Waals surface area contributed by atoms with Crippen molar-refractivity contribution in [3.05, 3.63) is 0 Å². The van der Waals surface area contributed by atoms with Crippen molar-refractivity contribution < 1.29 is 14.6 Å². The van der Waals surface area contributed by atoms with Gasteiger partial charge in [-0.05, 0) is 12.8 Å². The van der Waals surface area contributed by atoms with Gasteiger partial charge < -0.3 is 9.84 Å². The summed E-state index contributed by atoms with van der Waals surface area (Å²) >= 11 is 0. The van der Waals surface area contributed by atoms with Gasteiger partial charge in [0, 0.05) is 0 Å². The molecule has 0 aromatic rings. The number of hydrogen-bond donors (Lipinski definition) is 1. The molecule has 1 heterocycles. The molecule has 0 radical (unpaired) electrons. The van der Waals surface area contributed by atoms with Crippen LogP contribution in [0.5, 0.6) is 0 Å². The van der Waals surface area contributed by atoms with Gasteiger partial charge in [-0.25, -0.2) is 0 Å². The summed E-state index contributed by atoms with van der Waals surface area (Å²) in [5.74, 6) is -0.277. The Hall–Kier alpha value is -0.570. The van der Waals surface area contributed by atoms with E-state index in [0.29, 0.717) is 12.8 Å². The highest BCUT2D eigenvalue weighted by atomic mass is 16.6. The second kappa shape index (κ2) is 2.81. The minimum atomic E-state index is -0.606. The summed E-state index contributed by atoms with van der Waals surface area (Å²) in [4.78, 5) is 10.8. The van der Waals surface area contributed by atoms with E-state index in [1.807, 2.05) is 13.8 Å². The number of carbonyl (C=O) groups is 1. The Morgan fingerprint density at radius 2 is 2.18 bits per heavy atom. The highest BCUT2D eigenvalue weighted by Crippen LogP contribution is 2.32. The number of rotatable bonds is 2. The molecule has 0 amide bonds. The Morgan fingerprint density at radius 1 is 1.64 bits per heavy atom. The lowest BCUT2D eigenvalue weighted by molar-refractivity contribution is -0.151. The predicted octanol–water partition coefficient (Wildman–Crippen LogP) is 0.853. The summed E-state index contributed by atoms with van der Waals surface area (Å²) in [5.41, 5.74) is -0.586. The molecule has 1 saturated heterocycles. The van der Waals surface area contributed by atoms with Crippen LogP contribution >= 0.6 is 0 Å². The number of esters is 1. The lowest BCUT2D eigenvalue weighted by atomic mass is 9.91. The topological polar surface area (TPSA) is 46.5 Å². The van der Waals surface area contributed by atoms with Gasteiger partial charge in [0.1, 0.15) is 11.7 Å². The number of aliphatic hydroxyl groups is 1. The lowest BCUT2D eigenvalue weighted by Crippen LogP contribution is -2.37. The van der Waals surface area contributed by atoms with Crippen molar-refractivity contribution in [2.24, 2.45) is 0 Å². The van der Waals surface area contributed by atoms with E-state index < -0.39 is 11.7 Å². The van der Waals surface area contributed by atoms with Crippen LogP contribution in [-0.4, -0.2) is 22.8 Å². The van der Waals surface area contributed by atoms with Crippen LogP contribution in [0.15, 0.2) is 0 Å². The second-order valence-corrected chi connectivity index (χ2v) is 2.97. The maximum atomic E-state index is 10.8. The minimum absolute atomic E-state index is 0.154. The molecule has 1 unspecified atom stereocenters. The van der Waals surface area contributed by atoms with Crippen molar-refractivity contribution in [1.82, 2.24) is 0 Å². The molecule has 1 rings (SSSR count). The molecule has 3 heteroatoms. The van der Waals surface area contributed by atoms with Crippen molar-refractivity contribution >= 4 is 5.97 Å². The number of hydrogen-bond acceptors (Lipinski definition) is 3. The van der Waals surface area contributed by atoms with Crippen LogP contribution < -0.4 is 0 Å². The number of ether oxygens (including phenoxy) is 1. The van der Waals surface area contributed by atoms with Gasteiger partial charge in [-0.1, -0.05) is 13.8 Å². The van der Waals surface area contributed by atoms with E-state index in [1.54, 1.807) is 0 Å². The van der Waals surface area contributed by atoms with Gasteiger partial charge in [-0.3, -0.25) is 4.79 Å². The fourth-order valence-corrected chi connectivity index (χ4v) is 1.55. The summed E-state index contributed by atoms with van der Waals surface area (Å²) in [5, 5.41) is 9.46. The van der Waals surface area contributed by atoms with Crippen LogP contribution in [0.2, 0.25) is 0 Å². The lowest BCUT2D eigenvalue weighted by Gasteiger charge is -2.27. The summed E-state index contributed by atoms with van der Waals surface area (Å²) in [7, 11) is 0. The highest BCUT2D eigenvalue weighted by Gasteiger charge is 2.45. The Kier molecular flexibility index (Phi) is 2.18.